The van der Waals surface area contributed by atoms with Crippen LogP contribution in [0.1, 0.15) is 32.1 Å². The van der Waals surface area contributed by atoms with Crippen molar-refractivity contribution in [2.75, 3.05) is 6.54 Å². The molecule has 1 atom stereocenters. The van der Waals surface area contributed by atoms with E-state index < -0.39 is 0 Å². The van der Waals surface area contributed by atoms with Gasteiger partial charge in [-0.3, -0.25) is 4.79 Å². The van der Waals surface area contributed by atoms with Crippen molar-refractivity contribution < 1.29 is 4.79 Å². The highest BCUT2D eigenvalue weighted by molar-refractivity contribution is 5.76. The topological polar surface area (TPSA) is 55.1 Å². The highest BCUT2D eigenvalue weighted by Crippen LogP contribution is 2.10. The largest absolute Gasteiger partial charge is 0.353 e. The van der Waals surface area contributed by atoms with Crippen LogP contribution in [-0.4, -0.2) is 18.5 Å². The molecule has 1 aliphatic heterocycles. The fraction of sp³-hybridized carbons (Fsp3) is 0.875. The number of hydrogen-bond acceptors (Lipinski definition) is 2. The highest BCUT2D eigenvalue weighted by atomic mass is 16.1. The van der Waals surface area contributed by atoms with Crippen LogP contribution in [-0.2, 0) is 4.79 Å². The summed E-state index contributed by atoms with van der Waals surface area (Å²) in [6.07, 6.45) is 4.91. The van der Waals surface area contributed by atoms with Gasteiger partial charge in [-0.05, 0) is 25.8 Å². The Hall–Kier alpha value is -0.570. The third kappa shape index (κ3) is 2.89. The number of nitrogens with two attached hydrogens (primary N) is 1. The highest BCUT2D eigenvalue weighted by Gasteiger charge is 2.14. The summed E-state index contributed by atoms with van der Waals surface area (Å²) >= 11 is 0. The number of amides is 1. The number of rotatable bonds is 2. The molecular weight excluding hydrogens is 140 g/mol. The molecule has 0 aromatic carbocycles. The summed E-state index contributed by atoms with van der Waals surface area (Å²) in [5, 5.41) is 2.96. The van der Waals surface area contributed by atoms with Gasteiger partial charge in [0.15, 0.2) is 0 Å². The Morgan fingerprint density at radius 3 is 3.09 bits per heavy atom. The second-order valence-electron chi connectivity index (χ2n) is 3.09. The average molecular weight is 156 g/mol. The summed E-state index contributed by atoms with van der Waals surface area (Å²) in [4.78, 5) is 11.0. The first-order valence-corrected chi connectivity index (χ1v) is 4.32. The van der Waals surface area contributed by atoms with Gasteiger partial charge in [-0.1, -0.05) is 6.42 Å². The van der Waals surface area contributed by atoms with Crippen LogP contribution in [0.5, 0.6) is 0 Å². The first-order chi connectivity index (χ1) is 5.33. The first-order valence-electron chi connectivity index (χ1n) is 4.32. The minimum Gasteiger partial charge on any atom is -0.353 e. The van der Waals surface area contributed by atoms with Gasteiger partial charge in [0.2, 0.25) is 5.91 Å². The molecule has 1 saturated heterocycles. The summed E-state index contributed by atoms with van der Waals surface area (Å²) in [5.41, 5.74) is 5.40. The van der Waals surface area contributed by atoms with Crippen molar-refractivity contribution >= 4 is 5.91 Å². The maximum atomic E-state index is 11.0. The van der Waals surface area contributed by atoms with Crippen molar-refractivity contribution in [3.8, 4) is 0 Å². The molecule has 3 nitrogen and oxygen atoms in total. The Kier molecular flexibility index (Phi) is 3.36. The van der Waals surface area contributed by atoms with Crippen molar-refractivity contribution in [1.29, 1.82) is 0 Å². The Balaban J connectivity index is 2.33. The molecule has 0 aromatic rings. The van der Waals surface area contributed by atoms with Crippen molar-refractivity contribution in [1.82, 2.24) is 5.32 Å². The monoisotopic (exact) mass is 156 g/mol. The standard InChI is InChI=1S/C8H16N2O/c9-6-5-7-3-1-2-4-8(11)10-7/h7H,1-6,9H2,(H,10,11)/t7-/m0/s1. The fourth-order valence-electron chi connectivity index (χ4n) is 1.47. The van der Waals surface area contributed by atoms with Gasteiger partial charge < -0.3 is 11.1 Å². The molecule has 1 heterocycles. The molecule has 11 heavy (non-hydrogen) atoms. The summed E-state index contributed by atoms with van der Waals surface area (Å²) in [6.45, 7) is 0.672. The Morgan fingerprint density at radius 1 is 1.55 bits per heavy atom. The van der Waals surface area contributed by atoms with E-state index >= 15 is 0 Å². The van der Waals surface area contributed by atoms with E-state index in [1.165, 1.54) is 0 Å². The van der Waals surface area contributed by atoms with E-state index in [9.17, 15) is 4.79 Å². The van der Waals surface area contributed by atoms with Crippen molar-refractivity contribution in [3.05, 3.63) is 0 Å². The number of carbonyl (C=O) groups excluding carboxylic acids is 1. The summed E-state index contributed by atoms with van der Waals surface area (Å²) in [7, 11) is 0. The first kappa shape index (κ1) is 8.53. The van der Waals surface area contributed by atoms with E-state index in [2.05, 4.69) is 5.32 Å². The molecule has 0 aromatic heterocycles. The zero-order valence-corrected chi connectivity index (χ0v) is 6.81. The summed E-state index contributed by atoms with van der Waals surface area (Å²) in [5.74, 6) is 0.195. The predicted molar refractivity (Wildman–Crippen MR) is 44.1 cm³/mol. The number of carbonyl (C=O) groups is 1. The minimum atomic E-state index is 0.195. The lowest BCUT2D eigenvalue weighted by atomic mass is 10.1. The molecule has 0 bridgehead atoms. The van der Waals surface area contributed by atoms with Gasteiger partial charge in [0.1, 0.15) is 0 Å². The lowest BCUT2D eigenvalue weighted by molar-refractivity contribution is -0.121. The van der Waals surface area contributed by atoms with E-state index in [4.69, 9.17) is 5.73 Å². The maximum Gasteiger partial charge on any atom is 0.220 e. The van der Waals surface area contributed by atoms with Crippen LogP contribution in [0.25, 0.3) is 0 Å². The summed E-state index contributed by atoms with van der Waals surface area (Å²) in [6, 6.07) is 0.343. The quantitative estimate of drug-likeness (QED) is 0.608. The predicted octanol–water partition coefficient (Wildman–Crippen LogP) is 0.394. The zero-order valence-electron chi connectivity index (χ0n) is 6.81. The fourth-order valence-corrected chi connectivity index (χ4v) is 1.47. The normalized spacial score (nSPS) is 25.9. The molecule has 1 aliphatic rings. The van der Waals surface area contributed by atoms with E-state index in [-0.39, 0.29) is 5.91 Å². The second-order valence-corrected chi connectivity index (χ2v) is 3.09. The van der Waals surface area contributed by atoms with Crippen LogP contribution in [0.4, 0.5) is 0 Å². The third-order valence-corrected chi connectivity index (χ3v) is 2.09. The SMILES string of the molecule is NCC[C@@H]1CCCCC(=O)N1. The molecular formula is C8H16N2O. The van der Waals surface area contributed by atoms with Crippen molar-refractivity contribution in [3.63, 3.8) is 0 Å². The molecule has 0 unspecified atom stereocenters. The van der Waals surface area contributed by atoms with Gasteiger partial charge >= 0.3 is 0 Å². The van der Waals surface area contributed by atoms with Gasteiger partial charge in [-0.25, -0.2) is 0 Å². The molecule has 3 N–H and O–H groups in total. The van der Waals surface area contributed by atoms with Crippen LogP contribution < -0.4 is 11.1 Å². The molecule has 1 amide bonds. The minimum absolute atomic E-state index is 0.195. The van der Waals surface area contributed by atoms with Gasteiger partial charge in [-0.2, -0.15) is 0 Å². The van der Waals surface area contributed by atoms with Gasteiger partial charge in [0, 0.05) is 12.5 Å². The molecule has 0 saturated carbocycles. The van der Waals surface area contributed by atoms with Crippen molar-refractivity contribution in [2.24, 2.45) is 5.73 Å². The van der Waals surface area contributed by atoms with Crippen LogP contribution in [0.15, 0.2) is 0 Å². The lowest BCUT2D eigenvalue weighted by Gasteiger charge is -2.13. The van der Waals surface area contributed by atoms with E-state index in [1.807, 2.05) is 0 Å². The number of nitrogens with one attached hydrogen (secondary N) is 1. The molecule has 0 aliphatic carbocycles. The third-order valence-electron chi connectivity index (χ3n) is 2.09. The van der Waals surface area contributed by atoms with Crippen molar-refractivity contribution in [2.45, 2.75) is 38.1 Å². The van der Waals surface area contributed by atoms with Crippen LogP contribution in [0.3, 0.4) is 0 Å². The molecule has 1 rings (SSSR count). The van der Waals surface area contributed by atoms with E-state index in [0.717, 1.165) is 25.7 Å². The molecule has 1 fully saturated rings. The molecule has 0 spiro atoms. The maximum absolute atomic E-state index is 11.0. The second kappa shape index (κ2) is 4.34. The Bertz CT molecular complexity index is 136. The smallest absolute Gasteiger partial charge is 0.220 e. The Morgan fingerprint density at radius 2 is 2.36 bits per heavy atom. The van der Waals surface area contributed by atoms with Gasteiger partial charge in [-0.15, -0.1) is 0 Å². The van der Waals surface area contributed by atoms with E-state index in [1.54, 1.807) is 0 Å². The van der Waals surface area contributed by atoms with Crippen LogP contribution in [0, 0.1) is 0 Å². The zero-order chi connectivity index (χ0) is 8.10. The van der Waals surface area contributed by atoms with Crippen LogP contribution >= 0.6 is 0 Å². The van der Waals surface area contributed by atoms with Crippen LogP contribution in [0.2, 0.25) is 0 Å². The lowest BCUT2D eigenvalue weighted by Crippen LogP contribution is -2.34. The average Bonchev–Trinajstić information content (AvgIpc) is 2.15. The molecule has 0 radical (unpaired) electrons. The Labute approximate surface area is 67.3 Å². The molecule has 3 heteroatoms. The van der Waals surface area contributed by atoms with Gasteiger partial charge in [0.05, 0.1) is 0 Å². The molecule has 64 valence electrons. The van der Waals surface area contributed by atoms with E-state index in [0.29, 0.717) is 19.0 Å². The number of hydrogen-bond donors (Lipinski definition) is 2. The summed E-state index contributed by atoms with van der Waals surface area (Å²) < 4.78 is 0. The van der Waals surface area contributed by atoms with Gasteiger partial charge in [0.25, 0.3) is 0 Å².